The largest absolute Gasteiger partial charge is 0.486 e. The molecule has 29 heavy (non-hydrogen) atoms. The fourth-order valence-electron chi connectivity index (χ4n) is 3.68. The number of ether oxygens (including phenoxy) is 4. The van der Waals surface area contributed by atoms with Gasteiger partial charge in [0.25, 0.3) is 5.91 Å². The summed E-state index contributed by atoms with van der Waals surface area (Å²) in [5.74, 6) is 1.76. The first-order chi connectivity index (χ1) is 14.0. The zero-order valence-corrected chi connectivity index (χ0v) is 16.2. The molecule has 1 fully saturated rings. The van der Waals surface area contributed by atoms with E-state index in [9.17, 15) is 9.59 Å². The second-order valence-corrected chi connectivity index (χ2v) is 7.52. The first kappa shape index (κ1) is 17.9. The van der Waals surface area contributed by atoms with Crippen LogP contribution in [0.25, 0.3) is 0 Å². The summed E-state index contributed by atoms with van der Waals surface area (Å²) in [5, 5.41) is 3.16. The molecule has 150 valence electrons. The highest BCUT2D eigenvalue weighted by molar-refractivity contribution is 6.32. The highest BCUT2D eigenvalue weighted by Gasteiger charge is 2.49. The van der Waals surface area contributed by atoms with Crippen LogP contribution in [0.3, 0.4) is 0 Å². The Kier molecular flexibility index (Phi) is 3.99. The number of nitrogens with zero attached hydrogens (tertiary/aromatic N) is 1. The third-order valence-corrected chi connectivity index (χ3v) is 5.50. The van der Waals surface area contributed by atoms with Crippen molar-refractivity contribution in [2.24, 2.45) is 0 Å². The summed E-state index contributed by atoms with van der Waals surface area (Å²) in [6, 6.07) is 8.11. The van der Waals surface area contributed by atoms with Gasteiger partial charge in [0.05, 0.1) is 11.6 Å². The Balaban J connectivity index is 1.43. The molecule has 0 bridgehead atoms. The van der Waals surface area contributed by atoms with Gasteiger partial charge in [-0.2, -0.15) is 0 Å². The van der Waals surface area contributed by atoms with Gasteiger partial charge in [-0.1, -0.05) is 17.7 Å². The minimum Gasteiger partial charge on any atom is -0.486 e. The van der Waals surface area contributed by atoms with Gasteiger partial charge in [0.2, 0.25) is 6.79 Å². The Morgan fingerprint density at radius 1 is 1.03 bits per heavy atom. The number of hydrogen-bond acceptors (Lipinski definition) is 6. The van der Waals surface area contributed by atoms with Crippen molar-refractivity contribution in [1.82, 2.24) is 10.2 Å². The summed E-state index contributed by atoms with van der Waals surface area (Å²) in [6.45, 7) is 2.70. The lowest BCUT2D eigenvalue weighted by Gasteiger charge is -2.23. The smallest absolute Gasteiger partial charge is 0.325 e. The van der Waals surface area contributed by atoms with E-state index in [4.69, 9.17) is 30.5 Å². The van der Waals surface area contributed by atoms with Crippen LogP contribution in [0.4, 0.5) is 4.79 Å². The van der Waals surface area contributed by atoms with E-state index in [-0.39, 0.29) is 19.2 Å². The van der Waals surface area contributed by atoms with E-state index in [0.717, 1.165) is 4.90 Å². The molecule has 0 saturated carbocycles. The van der Waals surface area contributed by atoms with Crippen molar-refractivity contribution in [3.05, 3.63) is 46.5 Å². The van der Waals surface area contributed by atoms with Gasteiger partial charge in [-0.3, -0.25) is 9.69 Å². The summed E-state index contributed by atoms with van der Waals surface area (Å²) in [6.07, 6.45) is 0. The number of hydrogen-bond donors (Lipinski definition) is 1. The lowest BCUT2D eigenvalue weighted by Crippen LogP contribution is -2.40. The third kappa shape index (κ3) is 2.82. The molecule has 3 heterocycles. The van der Waals surface area contributed by atoms with E-state index < -0.39 is 11.6 Å². The molecule has 0 unspecified atom stereocenters. The van der Waals surface area contributed by atoms with Crippen LogP contribution < -0.4 is 24.3 Å². The number of halogens is 1. The molecule has 3 aliphatic heterocycles. The SMILES string of the molecule is C[C@@]1(c2ccc3c(c2)OCO3)NC(=O)N(Cc2cc(Cl)c3c(c2)OCCO3)C1=O. The highest BCUT2D eigenvalue weighted by atomic mass is 35.5. The molecule has 1 N–H and O–H groups in total. The van der Waals surface area contributed by atoms with E-state index >= 15 is 0 Å². The van der Waals surface area contributed by atoms with Crippen LogP contribution in [0.15, 0.2) is 30.3 Å². The highest BCUT2D eigenvalue weighted by Crippen LogP contribution is 2.40. The monoisotopic (exact) mass is 416 g/mol. The molecular formula is C20H17ClN2O6. The molecule has 0 spiro atoms. The maximum Gasteiger partial charge on any atom is 0.325 e. The molecule has 2 aromatic carbocycles. The number of carbonyl (C=O) groups is 2. The van der Waals surface area contributed by atoms with E-state index in [1.54, 1.807) is 37.3 Å². The maximum atomic E-state index is 13.2. The van der Waals surface area contributed by atoms with Gasteiger partial charge in [-0.25, -0.2) is 4.79 Å². The van der Waals surface area contributed by atoms with Gasteiger partial charge in [-0.15, -0.1) is 0 Å². The molecule has 1 saturated heterocycles. The molecule has 3 amide bonds. The molecule has 0 radical (unpaired) electrons. The number of carbonyl (C=O) groups excluding carboxylic acids is 2. The van der Waals surface area contributed by atoms with Crippen LogP contribution in [-0.4, -0.2) is 36.8 Å². The number of nitrogens with one attached hydrogen (secondary N) is 1. The van der Waals surface area contributed by atoms with E-state index in [0.29, 0.717) is 52.4 Å². The van der Waals surface area contributed by atoms with Crippen molar-refractivity contribution in [1.29, 1.82) is 0 Å². The second-order valence-electron chi connectivity index (χ2n) is 7.12. The summed E-state index contributed by atoms with van der Waals surface area (Å²) in [5.41, 5.74) is 0.0656. The first-order valence-electron chi connectivity index (χ1n) is 9.08. The van der Waals surface area contributed by atoms with Crippen LogP contribution in [0.1, 0.15) is 18.1 Å². The quantitative estimate of drug-likeness (QED) is 0.774. The Labute approximate surface area is 171 Å². The van der Waals surface area contributed by atoms with Crippen molar-refractivity contribution in [2.45, 2.75) is 19.0 Å². The fraction of sp³-hybridized carbons (Fsp3) is 0.300. The molecule has 5 rings (SSSR count). The summed E-state index contributed by atoms with van der Waals surface area (Å²) >= 11 is 6.28. The van der Waals surface area contributed by atoms with Gasteiger partial charge in [0.15, 0.2) is 23.0 Å². The standard InChI is InChI=1S/C20H17ClN2O6/c1-20(12-2-3-14-15(8-12)29-10-28-14)18(24)23(19(25)22-20)9-11-6-13(21)17-16(7-11)26-4-5-27-17/h2-3,6-8H,4-5,9-10H2,1H3,(H,22,25)/t20-/m0/s1. The topological polar surface area (TPSA) is 86.3 Å². The lowest BCUT2D eigenvalue weighted by molar-refractivity contribution is -0.131. The molecule has 2 aromatic rings. The summed E-state index contributed by atoms with van der Waals surface area (Å²) in [7, 11) is 0. The van der Waals surface area contributed by atoms with Crippen molar-refractivity contribution in [3.63, 3.8) is 0 Å². The summed E-state index contributed by atoms with van der Waals surface area (Å²) < 4.78 is 21.8. The Hall–Kier alpha value is -3.13. The number of imide groups is 1. The van der Waals surface area contributed by atoms with Gasteiger partial charge in [-0.05, 0) is 42.3 Å². The predicted octanol–water partition coefficient (Wildman–Crippen LogP) is 2.81. The van der Waals surface area contributed by atoms with E-state index in [2.05, 4.69) is 5.32 Å². The minimum absolute atomic E-state index is 0.0567. The van der Waals surface area contributed by atoms with Gasteiger partial charge in [0, 0.05) is 0 Å². The molecule has 0 aliphatic carbocycles. The van der Waals surface area contributed by atoms with Crippen molar-refractivity contribution < 1.29 is 28.5 Å². The molecule has 8 nitrogen and oxygen atoms in total. The van der Waals surface area contributed by atoms with Crippen molar-refractivity contribution >= 4 is 23.5 Å². The second kappa shape index (κ2) is 6.45. The van der Waals surface area contributed by atoms with Crippen molar-refractivity contribution in [2.75, 3.05) is 20.0 Å². The lowest BCUT2D eigenvalue weighted by atomic mass is 9.91. The molecule has 0 aromatic heterocycles. The number of amides is 3. The van der Waals surface area contributed by atoms with E-state index in [1.165, 1.54) is 0 Å². The van der Waals surface area contributed by atoms with Gasteiger partial charge in [0.1, 0.15) is 18.8 Å². The van der Waals surface area contributed by atoms with Gasteiger partial charge < -0.3 is 24.3 Å². The number of rotatable bonds is 3. The number of fused-ring (bicyclic) bond motifs is 2. The number of benzene rings is 2. The summed E-state index contributed by atoms with van der Waals surface area (Å²) in [4.78, 5) is 27.0. The predicted molar refractivity (Wildman–Crippen MR) is 101 cm³/mol. The average molecular weight is 417 g/mol. The first-order valence-corrected chi connectivity index (χ1v) is 9.46. The normalized spacial score (nSPS) is 22.1. The molecule has 1 atom stereocenters. The van der Waals surface area contributed by atoms with Crippen LogP contribution >= 0.6 is 11.6 Å². The molecule has 9 heteroatoms. The molecular weight excluding hydrogens is 400 g/mol. The minimum atomic E-state index is -1.21. The van der Waals surface area contributed by atoms with Crippen LogP contribution in [0.2, 0.25) is 5.02 Å². The zero-order valence-electron chi connectivity index (χ0n) is 15.5. The van der Waals surface area contributed by atoms with Gasteiger partial charge >= 0.3 is 6.03 Å². The third-order valence-electron chi connectivity index (χ3n) is 5.22. The van der Waals surface area contributed by atoms with Crippen LogP contribution in [0, 0.1) is 0 Å². The average Bonchev–Trinajstić information content (AvgIpc) is 3.26. The van der Waals surface area contributed by atoms with Crippen LogP contribution in [-0.2, 0) is 16.9 Å². The Morgan fingerprint density at radius 2 is 1.83 bits per heavy atom. The zero-order chi connectivity index (χ0) is 20.2. The van der Waals surface area contributed by atoms with Crippen LogP contribution in [0.5, 0.6) is 23.0 Å². The van der Waals surface area contributed by atoms with E-state index in [1.807, 2.05) is 0 Å². The van der Waals surface area contributed by atoms with Crippen molar-refractivity contribution in [3.8, 4) is 23.0 Å². The fourth-order valence-corrected chi connectivity index (χ4v) is 3.97. The number of urea groups is 1. The maximum absolute atomic E-state index is 13.2. The Morgan fingerprint density at radius 3 is 2.69 bits per heavy atom. The molecule has 3 aliphatic rings. The Bertz CT molecular complexity index is 1040.